The maximum atomic E-state index is 12.6. The fourth-order valence-corrected chi connectivity index (χ4v) is 3.62. The molecule has 130 valence electrons. The molecule has 24 heavy (non-hydrogen) atoms. The number of hydrogen-bond donors (Lipinski definition) is 0. The lowest BCUT2D eigenvalue weighted by Crippen LogP contribution is -2.41. The monoisotopic (exact) mass is 329 g/mol. The van der Waals surface area contributed by atoms with Crippen molar-refractivity contribution in [2.45, 2.75) is 59.0 Å². The first kappa shape index (κ1) is 16.7. The molecule has 0 N–H and O–H groups in total. The second-order valence-corrected chi connectivity index (χ2v) is 6.64. The van der Waals surface area contributed by atoms with Crippen LogP contribution in [0, 0.1) is 13.8 Å². The predicted octanol–water partition coefficient (Wildman–Crippen LogP) is 2.51. The van der Waals surface area contributed by atoms with E-state index in [1.54, 1.807) is 0 Å². The molecule has 1 saturated heterocycles. The Balaban J connectivity index is 1.60. The fourth-order valence-electron chi connectivity index (χ4n) is 3.62. The third-order valence-corrected chi connectivity index (χ3v) is 4.85. The average molecular weight is 329 g/mol. The van der Waals surface area contributed by atoms with E-state index in [1.165, 1.54) is 0 Å². The molecule has 1 aliphatic rings. The minimum Gasteiger partial charge on any atom is -0.341 e. The zero-order chi connectivity index (χ0) is 17.1. The van der Waals surface area contributed by atoms with Crippen molar-refractivity contribution < 1.29 is 4.79 Å². The number of amides is 1. The van der Waals surface area contributed by atoms with Gasteiger partial charge in [-0.25, -0.2) is 4.98 Å². The van der Waals surface area contributed by atoms with Crippen molar-refractivity contribution in [3.63, 3.8) is 0 Å². The number of likely N-dealkylation sites (tertiary alicyclic amines) is 1. The van der Waals surface area contributed by atoms with Crippen molar-refractivity contribution in [3.8, 4) is 0 Å². The summed E-state index contributed by atoms with van der Waals surface area (Å²) >= 11 is 0. The fraction of sp³-hybridized carbons (Fsp3) is 0.611. The molecule has 2 aromatic rings. The number of nitrogens with zero attached hydrogens (tertiary/aromatic N) is 5. The van der Waals surface area contributed by atoms with Gasteiger partial charge in [0.1, 0.15) is 5.82 Å². The van der Waals surface area contributed by atoms with Crippen LogP contribution in [0.1, 0.15) is 49.4 Å². The number of aryl methyl sites for hydroxylation is 4. The minimum atomic E-state index is 0.227. The summed E-state index contributed by atoms with van der Waals surface area (Å²) in [6.45, 7) is 8.45. The van der Waals surface area contributed by atoms with E-state index in [1.807, 2.05) is 41.9 Å². The van der Waals surface area contributed by atoms with Crippen LogP contribution in [0.3, 0.4) is 0 Å². The Hall–Kier alpha value is -2.11. The van der Waals surface area contributed by atoms with Crippen molar-refractivity contribution in [3.05, 3.63) is 35.7 Å². The molecule has 6 heteroatoms. The van der Waals surface area contributed by atoms with Crippen molar-refractivity contribution in [1.82, 2.24) is 24.2 Å². The topological polar surface area (TPSA) is 56.0 Å². The van der Waals surface area contributed by atoms with Crippen molar-refractivity contribution in [2.75, 3.05) is 13.1 Å². The maximum Gasteiger partial charge on any atom is 0.224 e. The molecule has 0 aliphatic carbocycles. The molecule has 0 spiro atoms. The van der Waals surface area contributed by atoms with Gasteiger partial charge in [0.2, 0.25) is 5.91 Å². The van der Waals surface area contributed by atoms with E-state index >= 15 is 0 Å². The van der Waals surface area contributed by atoms with Gasteiger partial charge in [-0.15, -0.1) is 0 Å². The highest BCUT2D eigenvalue weighted by atomic mass is 16.2. The van der Waals surface area contributed by atoms with E-state index in [0.29, 0.717) is 19.0 Å². The van der Waals surface area contributed by atoms with Crippen LogP contribution in [-0.4, -0.2) is 43.2 Å². The van der Waals surface area contributed by atoms with Gasteiger partial charge in [-0.05, 0) is 32.8 Å². The van der Waals surface area contributed by atoms with Crippen molar-refractivity contribution >= 4 is 5.91 Å². The van der Waals surface area contributed by atoms with E-state index in [9.17, 15) is 4.79 Å². The van der Waals surface area contributed by atoms with Gasteiger partial charge in [-0.1, -0.05) is 6.92 Å². The summed E-state index contributed by atoms with van der Waals surface area (Å²) in [5.41, 5.74) is 2.12. The van der Waals surface area contributed by atoms with Crippen LogP contribution in [0.15, 0.2) is 18.5 Å². The minimum absolute atomic E-state index is 0.227. The molecule has 1 amide bonds. The largest absolute Gasteiger partial charge is 0.341 e. The first-order chi connectivity index (χ1) is 11.6. The highest BCUT2D eigenvalue weighted by molar-refractivity contribution is 5.76. The van der Waals surface area contributed by atoms with E-state index in [-0.39, 0.29) is 5.91 Å². The van der Waals surface area contributed by atoms with Crippen LogP contribution < -0.4 is 0 Å². The maximum absolute atomic E-state index is 12.6. The second kappa shape index (κ2) is 7.20. The Morgan fingerprint density at radius 3 is 2.92 bits per heavy atom. The smallest absolute Gasteiger partial charge is 0.224 e. The summed E-state index contributed by atoms with van der Waals surface area (Å²) < 4.78 is 4.18. The predicted molar refractivity (Wildman–Crippen MR) is 92.8 cm³/mol. The Morgan fingerprint density at radius 2 is 2.21 bits per heavy atom. The summed E-state index contributed by atoms with van der Waals surface area (Å²) in [6, 6.07) is 2.40. The Labute approximate surface area is 143 Å². The number of imidazole rings is 1. The lowest BCUT2D eigenvalue weighted by molar-refractivity contribution is -0.133. The number of carbonyl (C=O) groups excluding carboxylic acids is 1. The molecule has 0 unspecified atom stereocenters. The van der Waals surface area contributed by atoms with Gasteiger partial charge in [-0.2, -0.15) is 5.10 Å². The molecule has 6 nitrogen and oxygen atoms in total. The standard InChI is InChI=1S/C18H27N5O/c1-4-17-19-8-11-22(17)16-6-5-9-21(13-16)18(24)7-10-23-15(3)12-14(2)20-23/h8,11-12,16H,4-7,9-10,13H2,1-3H3/t16-/m0/s1. The molecule has 1 aliphatic heterocycles. The van der Waals surface area contributed by atoms with Gasteiger partial charge >= 0.3 is 0 Å². The highest BCUT2D eigenvalue weighted by Crippen LogP contribution is 2.23. The first-order valence-electron chi connectivity index (χ1n) is 8.89. The lowest BCUT2D eigenvalue weighted by Gasteiger charge is -2.34. The molecule has 0 bridgehead atoms. The number of aromatic nitrogens is 4. The molecule has 2 aromatic heterocycles. The summed E-state index contributed by atoms with van der Waals surface area (Å²) in [7, 11) is 0. The number of piperidine rings is 1. The van der Waals surface area contributed by atoms with E-state index in [4.69, 9.17) is 0 Å². The van der Waals surface area contributed by atoms with Crippen LogP contribution in [0.25, 0.3) is 0 Å². The van der Waals surface area contributed by atoms with E-state index in [2.05, 4.69) is 21.6 Å². The molecule has 3 rings (SSSR count). The van der Waals surface area contributed by atoms with Gasteiger partial charge in [0.15, 0.2) is 0 Å². The molecular weight excluding hydrogens is 302 g/mol. The first-order valence-corrected chi connectivity index (χ1v) is 8.89. The average Bonchev–Trinajstić information content (AvgIpc) is 3.18. The molecule has 1 atom stereocenters. The van der Waals surface area contributed by atoms with Gasteiger partial charge in [0.05, 0.1) is 11.7 Å². The van der Waals surface area contributed by atoms with Crippen LogP contribution in [0.4, 0.5) is 0 Å². The molecule has 3 heterocycles. The SMILES string of the molecule is CCc1nccn1[C@H]1CCCN(C(=O)CCn2nc(C)cc2C)C1. The normalized spacial score (nSPS) is 18.1. The lowest BCUT2D eigenvalue weighted by atomic mass is 10.0. The summed E-state index contributed by atoms with van der Waals surface area (Å²) in [6.07, 6.45) is 7.52. The zero-order valence-electron chi connectivity index (χ0n) is 14.9. The third kappa shape index (κ3) is 3.52. The third-order valence-electron chi connectivity index (χ3n) is 4.85. The number of rotatable bonds is 5. The summed E-state index contributed by atoms with van der Waals surface area (Å²) in [5, 5.41) is 4.44. The van der Waals surface area contributed by atoms with Gasteiger partial charge in [0, 0.05) is 50.6 Å². The van der Waals surface area contributed by atoms with Crippen LogP contribution in [0.5, 0.6) is 0 Å². The van der Waals surface area contributed by atoms with E-state index < -0.39 is 0 Å². The molecule has 0 aromatic carbocycles. The van der Waals surface area contributed by atoms with Gasteiger partial charge < -0.3 is 9.47 Å². The van der Waals surface area contributed by atoms with Crippen molar-refractivity contribution in [1.29, 1.82) is 0 Å². The highest BCUT2D eigenvalue weighted by Gasteiger charge is 2.25. The second-order valence-electron chi connectivity index (χ2n) is 6.64. The van der Waals surface area contributed by atoms with Gasteiger partial charge in [0.25, 0.3) is 0 Å². The zero-order valence-corrected chi connectivity index (χ0v) is 14.9. The Morgan fingerprint density at radius 1 is 1.38 bits per heavy atom. The molecule has 1 fully saturated rings. The summed E-state index contributed by atoms with van der Waals surface area (Å²) in [4.78, 5) is 19.0. The Kier molecular flexibility index (Phi) is 5.02. The molecule has 0 radical (unpaired) electrons. The number of carbonyl (C=O) groups is 1. The van der Waals surface area contributed by atoms with Crippen molar-refractivity contribution in [2.24, 2.45) is 0 Å². The number of hydrogen-bond acceptors (Lipinski definition) is 3. The van der Waals surface area contributed by atoms with Crippen LogP contribution >= 0.6 is 0 Å². The molecule has 0 saturated carbocycles. The van der Waals surface area contributed by atoms with Crippen LogP contribution in [-0.2, 0) is 17.8 Å². The quantitative estimate of drug-likeness (QED) is 0.847. The van der Waals surface area contributed by atoms with E-state index in [0.717, 1.165) is 49.6 Å². The summed E-state index contributed by atoms with van der Waals surface area (Å²) in [5.74, 6) is 1.34. The molecular formula is C18H27N5O. The Bertz CT molecular complexity index is 702. The van der Waals surface area contributed by atoms with Gasteiger partial charge in [-0.3, -0.25) is 9.48 Å². The van der Waals surface area contributed by atoms with Crippen LogP contribution in [0.2, 0.25) is 0 Å².